The molecule has 0 aliphatic rings. The highest BCUT2D eigenvalue weighted by atomic mass is 32.2. The van der Waals surface area contributed by atoms with Crippen molar-refractivity contribution in [2.24, 2.45) is 0 Å². The molecule has 0 atom stereocenters. The monoisotopic (exact) mass is 393 g/mol. The Morgan fingerprint density at radius 3 is 2.22 bits per heavy atom. The van der Waals surface area contributed by atoms with Gasteiger partial charge in [0.1, 0.15) is 11.6 Å². The number of hydrogen-bond donors (Lipinski definition) is 0. The standard InChI is InChI=1S/C20H24FNO4S/c1-14(2)22(20(23)17-10-6-7-11-18(17)21)13-16-9-5-8-12-19(16)26-27(24,25)15(3)4/h5-12,14-15H,13H2,1-4H3. The van der Waals surface area contributed by atoms with Crippen LogP contribution in [0.4, 0.5) is 4.39 Å². The van der Waals surface area contributed by atoms with Crippen molar-refractivity contribution >= 4 is 16.0 Å². The number of rotatable bonds is 7. The van der Waals surface area contributed by atoms with Gasteiger partial charge in [-0.25, -0.2) is 4.39 Å². The van der Waals surface area contributed by atoms with Gasteiger partial charge in [-0.15, -0.1) is 0 Å². The first-order valence-electron chi connectivity index (χ1n) is 8.70. The van der Waals surface area contributed by atoms with E-state index < -0.39 is 27.1 Å². The van der Waals surface area contributed by atoms with Gasteiger partial charge in [0.25, 0.3) is 5.91 Å². The van der Waals surface area contributed by atoms with Gasteiger partial charge in [-0.1, -0.05) is 30.3 Å². The maximum atomic E-state index is 14.0. The molecule has 0 spiro atoms. The molecular formula is C20H24FNO4S. The van der Waals surface area contributed by atoms with E-state index in [0.29, 0.717) is 5.56 Å². The second kappa shape index (κ2) is 8.52. The molecule has 0 radical (unpaired) electrons. The second-order valence-electron chi connectivity index (χ2n) is 6.74. The molecule has 0 heterocycles. The van der Waals surface area contributed by atoms with Gasteiger partial charge in [-0.05, 0) is 45.9 Å². The number of hydrogen-bond acceptors (Lipinski definition) is 4. The van der Waals surface area contributed by atoms with E-state index in [1.165, 1.54) is 36.9 Å². The van der Waals surface area contributed by atoms with E-state index in [1.54, 1.807) is 30.3 Å². The van der Waals surface area contributed by atoms with Gasteiger partial charge in [0, 0.05) is 18.2 Å². The molecule has 0 saturated heterocycles. The third-order valence-electron chi connectivity index (χ3n) is 4.09. The largest absolute Gasteiger partial charge is 0.382 e. The summed E-state index contributed by atoms with van der Waals surface area (Å²) >= 11 is 0. The van der Waals surface area contributed by atoms with Crippen molar-refractivity contribution in [2.75, 3.05) is 0 Å². The molecule has 0 fully saturated rings. The van der Waals surface area contributed by atoms with Gasteiger partial charge in [0.2, 0.25) is 0 Å². The van der Waals surface area contributed by atoms with Crippen molar-refractivity contribution in [1.29, 1.82) is 0 Å². The van der Waals surface area contributed by atoms with E-state index in [-0.39, 0.29) is 23.9 Å². The van der Waals surface area contributed by atoms with Crippen LogP contribution in [0.25, 0.3) is 0 Å². The molecule has 0 unspecified atom stereocenters. The van der Waals surface area contributed by atoms with Gasteiger partial charge in [0.15, 0.2) is 0 Å². The Morgan fingerprint density at radius 1 is 1.04 bits per heavy atom. The molecule has 2 rings (SSSR count). The van der Waals surface area contributed by atoms with Crippen LogP contribution in [-0.4, -0.2) is 30.5 Å². The smallest absolute Gasteiger partial charge is 0.311 e. The average Bonchev–Trinajstić information content (AvgIpc) is 2.60. The fourth-order valence-electron chi connectivity index (χ4n) is 2.40. The Labute approximate surface area is 159 Å². The van der Waals surface area contributed by atoms with Crippen LogP contribution < -0.4 is 4.18 Å². The van der Waals surface area contributed by atoms with Crippen molar-refractivity contribution in [1.82, 2.24) is 4.90 Å². The molecule has 1 amide bonds. The van der Waals surface area contributed by atoms with Crippen molar-refractivity contribution in [3.63, 3.8) is 0 Å². The number of carbonyl (C=O) groups is 1. The summed E-state index contributed by atoms with van der Waals surface area (Å²) in [5.41, 5.74) is 0.500. The lowest BCUT2D eigenvalue weighted by atomic mass is 10.1. The molecule has 0 N–H and O–H groups in total. The predicted octanol–water partition coefficient (Wildman–Crippen LogP) is 3.99. The van der Waals surface area contributed by atoms with Crippen molar-refractivity contribution in [3.05, 3.63) is 65.5 Å². The van der Waals surface area contributed by atoms with Crippen LogP contribution in [0.3, 0.4) is 0 Å². The van der Waals surface area contributed by atoms with Gasteiger partial charge >= 0.3 is 10.1 Å². The van der Waals surface area contributed by atoms with E-state index in [9.17, 15) is 17.6 Å². The van der Waals surface area contributed by atoms with E-state index in [0.717, 1.165) is 0 Å². The van der Waals surface area contributed by atoms with E-state index in [2.05, 4.69) is 0 Å². The SMILES string of the molecule is CC(C)N(Cc1ccccc1OS(=O)(=O)C(C)C)C(=O)c1ccccc1F. The molecule has 27 heavy (non-hydrogen) atoms. The first kappa shape index (κ1) is 20.9. The van der Waals surface area contributed by atoms with Crippen LogP contribution in [0.15, 0.2) is 48.5 Å². The highest BCUT2D eigenvalue weighted by Crippen LogP contribution is 2.25. The Balaban J connectivity index is 2.35. The Hall–Kier alpha value is -2.41. The van der Waals surface area contributed by atoms with Crippen LogP contribution in [-0.2, 0) is 16.7 Å². The lowest BCUT2D eigenvalue weighted by molar-refractivity contribution is 0.0685. The van der Waals surface area contributed by atoms with Crippen molar-refractivity contribution in [3.8, 4) is 5.75 Å². The van der Waals surface area contributed by atoms with Crippen molar-refractivity contribution in [2.45, 2.75) is 45.5 Å². The summed E-state index contributed by atoms with van der Waals surface area (Å²) in [6.45, 7) is 6.77. The van der Waals surface area contributed by atoms with Crippen LogP contribution in [0, 0.1) is 5.82 Å². The fraction of sp³-hybridized carbons (Fsp3) is 0.350. The van der Waals surface area contributed by atoms with Crippen LogP contribution in [0.2, 0.25) is 0 Å². The van der Waals surface area contributed by atoms with Crippen LogP contribution in [0.5, 0.6) is 5.75 Å². The molecule has 146 valence electrons. The normalized spacial score (nSPS) is 11.7. The minimum absolute atomic E-state index is 0.0283. The predicted molar refractivity (Wildman–Crippen MR) is 103 cm³/mol. The van der Waals surface area contributed by atoms with E-state index in [1.807, 2.05) is 13.8 Å². The van der Waals surface area contributed by atoms with Gasteiger partial charge in [0.05, 0.1) is 10.8 Å². The highest BCUT2D eigenvalue weighted by Gasteiger charge is 2.25. The van der Waals surface area contributed by atoms with Gasteiger partial charge in [-0.3, -0.25) is 4.79 Å². The maximum Gasteiger partial charge on any atom is 0.311 e. The zero-order chi connectivity index (χ0) is 20.2. The number of benzene rings is 2. The zero-order valence-electron chi connectivity index (χ0n) is 15.8. The average molecular weight is 393 g/mol. The zero-order valence-corrected chi connectivity index (χ0v) is 16.7. The molecule has 0 aliphatic heterocycles. The summed E-state index contributed by atoms with van der Waals surface area (Å²) < 4.78 is 43.5. The number of nitrogens with zero attached hydrogens (tertiary/aromatic N) is 1. The molecule has 5 nitrogen and oxygen atoms in total. The Bertz CT molecular complexity index is 910. The third kappa shape index (κ3) is 5.07. The first-order chi connectivity index (χ1) is 12.6. The summed E-state index contributed by atoms with van der Waals surface area (Å²) in [7, 11) is -3.77. The number of para-hydroxylation sites is 1. The molecule has 7 heteroatoms. The molecule has 2 aromatic rings. The lowest BCUT2D eigenvalue weighted by Crippen LogP contribution is -2.37. The second-order valence-corrected chi connectivity index (χ2v) is 8.83. The van der Waals surface area contributed by atoms with E-state index in [4.69, 9.17) is 4.18 Å². The van der Waals surface area contributed by atoms with Gasteiger partial charge in [-0.2, -0.15) is 8.42 Å². The molecule has 2 aromatic carbocycles. The van der Waals surface area contributed by atoms with Gasteiger partial charge < -0.3 is 9.08 Å². The number of carbonyl (C=O) groups excluding carboxylic acids is 1. The fourth-order valence-corrected chi connectivity index (χ4v) is 3.00. The minimum atomic E-state index is -3.77. The first-order valence-corrected chi connectivity index (χ1v) is 10.2. The summed E-state index contributed by atoms with van der Waals surface area (Å²) in [5.74, 6) is -0.900. The molecule has 0 aliphatic carbocycles. The molecule has 0 aromatic heterocycles. The highest BCUT2D eigenvalue weighted by molar-refractivity contribution is 7.87. The number of halogens is 1. The van der Waals surface area contributed by atoms with E-state index >= 15 is 0 Å². The quantitative estimate of drug-likeness (QED) is 0.667. The molecular weight excluding hydrogens is 369 g/mol. The minimum Gasteiger partial charge on any atom is -0.382 e. The van der Waals surface area contributed by atoms with Crippen LogP contribution in [0.1, 0.15) is 43.6 Å². The lowest BCUT2D eigenvalue weighted by Gasteiger charge is -2.28. The summed E-state index contributed by atoms with van der Waals surface area (Å²) in [6, 6.07) is 12.2. The number of amides is 1. The van der Waals surface area contributed by atoms with Crippen LogP contribution >= 0.6 is 0 Å². The summed E-state index contributed by atoms with van der Waals surface area (Å²) in [4.78, 5) is 14.3. The summed E-state index contributed by atoms with van der Waals surface area (Å²) in [6.07, 6.45) is 0. The molecule has 0 bridgehead atoms. The maximum absolute atomic E-state index is 14.0. The Kier molecular flexibility index (Phi) is 6.59. The Morgan fingerprint density at radius 2 is 1.63 bits per heavy atom. The van der Waals surface area contributed by atoms with Crippen molar-refractivity contribution < 1.29 is 21.8 Å². The summed E-state index contributed by atoms with van der Waals surface area (Å²) in [5, 5.41) is -0.702. The topological polar surface area (TPSA) is 63.7 Å². The third-order valence-corrected chi connectivity index (χ3v) is 5.65. The molecule has 0 saturated carbocycles.